The smallest absolute Gasteiger partial charge is 0.274 e. The Kier molecular flexibility index (Phi) is 3.13. The highest BCUT2D eigenvalue weighted by Gasteiger charge is 2.15. The van der Waals surface area contributed by atoms with Crippen molar-refractivity contribution in [2.45, 2.75) is 5.33 Å². The first kappa shape index (κ1) is 9.85. The molecule has 0 saturated carbocycles. The van der Waals surface area contributed by atoms with Crippen LogP contribution in [0.1, 0.15) is 15.9 Å². The van der Waals surface area contributed by atoms with Gasteiger partial charge in [-0.15, -0.1) is 0 Å². The molecule has 0 aliphatic heterocycles. The van der Waals surface area contributed by atoms with Crippen molar-refractivity contribution < 1.29 is 9.72 Å². The Hall–Kier alpha value is -1.23. The zero-order valence-corrected chi connectivity index (χ0v) is 8.15. The zero-order valence-electron chi connectivity index (χ0n) is 6.57. The van der Waals surface area contributed by atoms with Crippen LogP contribution in [0, 0.1) is 10.1 Å². The Morgan fingerprint density at radius 3 is 2.69 bits per heavy atom. The fourth-order valence-electron chi connectivity index (χ4n) is 1.02. The molecular weight excluding hydrogens is 238 g/mol. The maximum atomic E-state index is 10.5. The normalized spacial score (nSPS) is 9.62. The van der Waals surface area contributed by atoms with Gasteiger partial charge in [0.1, 0.15) is 0 Å². The fraction of sp³-hybridized carbons (Fsp3) is 0.125. The summed E-state index contributed by atoms with van der Waals surface area (Å²) in [5.41, 5.74) is 0.745. The van der Waals surface area contributed by atoms with Crippen LogP contribution in [0.25, 0.3) is 0 Å². The van der Waals surface area contributed by atoms with Crippen LogP contribution in [0.2, 0.25) is 0 Å². The number of hydrogen-bond donors (Lipinski definition) is 0. The molecule has 0 N–H and O–H groups in total. The number of nitro groups is 1. The van der Waals surface area contributed by atoms with Gasteiger partial charge in [-0.25, -0.2) is 0 Å². The van der Waals surface area contributed by atoms with Gasteiger partial charge in [-0.3, -0.25) is 14.9 Å². The van der Waals surface area contributed by atoms with Crippen molar-refractivity contribution in [1.82, 2.24) is 0 Å². The van der Waals surface area contributed by atoms with Crippen LogP contribution in [0.5, 0.6) is 0 Å². The van der Waals surface area contributed by atoms with Crippen molar-refractivity contribution in [1.29, 1.82) is 0 Å². The third-order valence-corrected chi connectivity index (χ3v) is 2.21. The highest BCUT2D eigenvalue weighted by Crippen LogP contribution is 2.23. The third-order valence-electron chi connectivity index (χ3n) is 1.64. The number of nitro benzene ring substituents is 1. The maximum absolute atomic E-state index is 10.5. The first-order valence-corrected chi connectivity index (χ1v) is 4.60. The van der Waals surface area contributed by atoms with Gasteiger partial charge in [0, 0.05) is 17.0 Å². The number of carbonyl (C=O) groups excluding carboxylic acids is 1. The average molecular weight is 244 g/mol. The molecule has 13 heavy (non-hydrogen) atoms. The van der Waals surface area contributed by atoms with E-state index in [0.717, 1.165) is 0 Å². The molecule has 1 aromatic carbocycles. The Labute approximate surface area is 82.8 Å². The molecule has 0 spiro atoms. The summed E-state index contributed by atoms with van der Waals surface area (Å²) in [6.07, 6.45) is 0.615. The van der Waals surface area contributed by atoms with Gasteiger partial charge in [0.25, 0.3) is 5.69 Å². The lowest BCUT2D eigenvalue weighted by Crippen LogP contribution is -1.97. The number of aldehydes is 1. The van der Waals surface area contributed by atoms with Gasteiger partial charge < -0.3 is 0 Å². The van der Waals surface area contributed by atoms with Gasteiger partial charge in [0.15, 0.2) is 6.29 Å². The molecule has 0 radical (unpaired) electrons. The van der Waals surface area contributed by atoms with E-state index in [-0.39, 0.29) is 5.69 Å². The summed E-state index contributed by atoms with van der Waals surface area (Å²) in [7, 11) is 0. The summed E-state index contributed by atoms with van der Waals surface area (Å²) in [6.45, 7) is 0. The number of carbonyl (C=O) groups is 1. The van der Waals surface area contributed by atoms with Gasteiger partial charge in [-0.05, 0) is 0 Å². The second-order valence-corrected chi connectivity index (χ2v) is 2.91. The molecule has 1 rings (SSSR count). The largest absolute Gasteiger partial charge is 0.298 e. The fourth-order valence-corrected chi connectivity index (χ4v) is 1.63. The van der Waals surface area contributed by atoms with Crippen LogP contribution in [-0.4, -0.2) is 11.2 Å². The molecule has 0 fully saturated rings. The molecule has 0 aliphatic carbocycles. The van der Waals surface area contributed by atoms with E-state index in [4.69, 9.17) is 0 Å². The number of hydrogen-bond acceptors (Lipinski definition) is 3. The van der Waals surface area contributed by atoms with Crippen LogP contribution in [0.3, 0.4) is 0 Å². The molecule has 1 aromatic rings. The zero-order chi connectivity index (χ0) is 9.84. The van der Waals surface area contributed by atoms with E-state index in [1.807, 2.05) is 0 Å². The van der Waals surface area contributed by atoms with Crippen LogP contribution in [0.4, 0.5) is 5.69 Å². The lowest BCUT2D eigenvalue weighted by Gasteiger charge is -2.00. The summed E-state index contributed by atoms with van der Waals surface area (Å²) in [6, 6.07) is 4.42. The minimum absolute atomic E-state index is 0.0264. The summed E-state index contributed by atoms with van der Waals surface area (Å²) < 4.78 is 0. The molecule has 0 atom stereocenters. The highest BCUT2D eigenvalue weighted by molar-refractivity contribution is 9.08. The standard InChI is InChI=1S/C8H6BrNO3/c9-4-7-6(5-11)2-1-3-8(7)10(12)13/h1-3,5H,4H2. The average Bonchev–Trinajstić information content (AvgIpc) is 2.16. The maximum Gasteiger partial charge on any atom is 0.274 e. The molecule has 0 unspecified atom stereocenters. The van der Waals surface area contributed by atoms with Crippen LogP contribution < -0.4 is 0 Å². The van der Waals surface area contributed by atoms with Crippen LogP contribution >= 0.6 is 15.9 Å². The molecule has 0 aromatic heterocycles. The molecule has 5 heteroatoms. The lowest BCUT2D eigenvalue weighted by atomic mass is 10.1. The van der Waals surface area contributed by atoms with Gasteiger partial charge in [0.05, 0.1) is 10.5 Å². The summed E-state index contributed by atoms with van der Waals surface area (Å²) in [4.78, 5) is 20.5. The first-order valence-electron chi connectivity index (χ1n) is 3.48. The molecule has 0 saturated heterocycles. The topological polar surface area (TPSA) is 60.2 Å². The SMILES string of the molecule is O=Cc1cccc([N+](=O)[O-])c1CBr. The summed E-state index contributed by atoms with van der Waals surface area (Å²) in [5, 5.41) is 10.8. The van der Waals surface area contributed by atoms with Crippen molar-refractivity contribution in [3.8, 4) is 0 Å². The molecular formula is C8H6BrNO3. The Bertz CT molecular complexity index is 351. The minimum atomic E-state index is -0.496. The van der Waals surface area contributed by atoms with Crippen LogP contribution in [-0.2, 0) is 5.33 Å². The van der Waals surface area contributed by atoms with Gasteiger partial charge in [-0.2, -0.15) is 0 Å². The van der Waals surface area contributed by atoms with E-state index in [1.165, 1.54) is 12.1 Å². The molecule has 0 heterocycles. The summed E-state index contributed by atoms with van der Waals surface area (Å²) >= 11 is 3.10. The number of benzene rings is 1. The molecule has 0 aliphatic rings. The van der Waals surface area contributed by atoms with E-state index in [2.05, 4.69) is 15.9 Å². The molecule has 0 bridgehead atoms. The predicted molar refractivity (Wildman–Crippen MR) is 51.1 cm³/mol. The van der Waals surface area contributed by atoms with E-state index in [1.54, 1.807) is 6.07 Å². The highest BCUT2D eigenvalue weighted by atomic mass is 79.9. The second-order valence-electron chi connectivity index (χ2n) is 2.35. The van der Waals surface area contributed by atoms with E-state index in [0.29, 0.717) is 22.7 Å². The number of rotatable bonds is 3. The van der Waals surface area contributed by atoms with Crippen molar-refractivity contribution in [3.05, 3.63) is 39.4 Å². The minimum Gasteiger partial charge on any atom is -0.298 e. The summed E-state index contributed by atoms with van der Waals surface area (Å²) in [5.74, 6) is 0. The third kappa shape index (κ3) is 1.92. The van der Waals surface area contributed by atoms with Crippen molar-refractivity contribution in [2.75, 3.05) is 0 Å². The monoisotopic (exact) mass is 243 g/mol. The first-order chi connectivity index (χ1) is 6.20. The quantitative estimate of drug-likeness (QED) is 0.354. The Morgan fingerprint density at radius 1 is 1.54 bits per heavy atom. The van der Waals surface area contributed by atoms with Gasteiger partial charge in [-0.1, -0.05) is 28.1 Å². The Balaban J connectivity index is 3.35. The van der Waals surface area contributed by atoms with E-state index >= 15 is 0 Å². The molecule has 68 valence electrons. The van der Waals surface area contributed by atoms with Gasteiger partial charge >= 0.3 is 0 Å². The Morgan fingerprint density at radius 2 is 2.23 bits per heavy atom. The molecule has 0 amide bonds. The van der Waals surface area contributed by atoms with Crippen molar-refractivity contribution in [3.63, 3.8) is 0 Å². The second kappa shape index (κ2) is 4.13. The number of halogens is 1. The van der Waals surface area contributed by atoms with E-state index < -0.39 is 4.92 Å². The van der Waals surface area contributed by atoms with E-state index in [9.17, 15) is 14.9 Å². The molecule has 4 nitrogen and oxygen atoms in total. The van der Waals surface area contributed by atoms with Crippen molar-refractivity contribution >= 4 is 27.9 Å². The lowest BCUT2D eigenvalue weighted by molar-refractivity contribution is -0.385. The van der Waals surface area contributed by atoms with Crippen LogP contribution in [0.15, 0.2) is 18.2 Å². The predicted octanol–water partition coefficient (Wildman–Crippen LogP) is 2.30. The number of alkyl halides is 1. The van der Waals surface area contributed by atoms with Gasteiger partial charge in [0.2, 0.25) is 0 Å². The van der Waals surface area contributed by atoms with Crippen molar-refractivity contribution in [2.24, 2.45) is 0 Å². The number of nitrogens with zero attached hydrogens (tertiary/aromatic N) is 1.